The fourth-order valence-corrected chi connectivity index (χ4v) is 2.05. The molecule has 0 atom stereocenters. The van der Waals surface area contributed by atoms with Gasteiger partial charge >= 0.3 is 5.97 Å². The number of carboxylic acids is 1. The Hall–Kier alpha value is -2.01. The van der Waals surface area contributed by atoms with E-state index >= 15 is 0 Å². The predicted octanol–water partition coefficient (Wildman–Crippen LogP) is 2.69. The van der Waals surface area contributed by atoms with E-state index in [1.165, 1.54) is 12.1 Å². The number of aromatic nitrogens is 2. The van der Waals surface area contributed by atoms with Crippen LogP contribution in [0.25, 0.3) is 0 Å². The lowest BCUT2D eigenvalue weighted by molar-refractivity contribution is 0.0697. The molecule has 5 nitrogen and oxygen atoms in total. The standard InChI is InChI=1S/C13H14ClN3O2/c1-8-10(7-17(2)16-8)6-15-12-4-3-9(13(18)19)5-11(12)14/h3-5,7,15H,6H2,1-2H3,(H,18,19). The van der Waals surface area contributed by atoms with Gasteiger partial charge in [-0.15, -0.1) is 0 Å². The quantitative estimate of drug-likeness (QED) is 0.903. The highest BCUT2D eigenvalue weighted by Gasteiger charge is 2.08. The Bertz CT molecular complexity index is 622. The van der Waals surface area contributed by atoms with Gasteiger partial charge in [-0.05, 0) is 25.1 Å². The lowest BCUT2D eigenvalue weighted by Gasteiger charge is -2.08. The monoisotopic (exact) mass is 279 g/mol. The number of nitrogens with zero attached hydrogens (tertiary/aromatic N) is 2. The molecule has 2 aromatic rings. The van der Waals surface area contributed by atoms with Gasteiger partial charge in [0, 0.05) is 25.4 Å². The van der Waals surface area contributed by atoms with E-state index in [2.05, 4.69) is 10.4 Å². The van der Waals surface area contributed by atoms with E-state index in [0.717, 1.165) is 11.3 Å². The minimum Gasteiger partial charge on any atom is -0.478 e. The molecule has 0 bridgehead atoms. The number of nitrogens with one attached hydrogen (secondary N) is 1. The molecular weight excluding hydrogens is 266 g/mol. The van der Waals surface area contributed by atoms with Crippen molar-refractivity contribution in [2.24, 2.45) is 7.05 Å². The first-order chi connectivity index (χ1) is 8.97. The van der Waals surface area contributed by atoms with Crippen LogP contribution >= 0.6 is 11.6 Å². The van der Waals surface area contributed by atoms with Crippen LogP contribution in [0.4, 0.5) is 5.69 Å². The van der Waals surface area contributed by atoms with Crippen molar-refractivity contribution in [3.8, 4) is 0 Å². The van der Waals surface area contributed by atoms with E-state index in [1.807, 2.05) is 20.2 Å². The summed E-state index contributed by atoms with van der Waals surface area (Å²) < 4.78 is 1.75. The van der Waals surface area contributed by atoms with Crippen LogP contribution in [0.3, 0.4) is 0 Å². The van der Waals surface area contributed by atoms with Crippen LogP contribution in [0.2, 0.25) is 5.02 Å². The number of benzene rings is 1. The smallest absolute Gasteiger partial charge is 0.335 e. The minimum absolute atomic E-state index is 0.174. The summed E-state index contributed by atoms with van der Waals surface area (Å²) in [5.74, 6) is -0.989. The highest BCUT2D eigenvalue weighted by atomic mass is 35.5. The highest BCUT2D eigenvalue weighted by Crippen LogP contribution is 2.24. The topological polar surface area (TPSA) is 67.2 Å². The molecule has 19 heavy (non-hydrogen) atoms. The normalized spacial score (nSPS) is 10.5. The number of anilines is 1. The number of carbonyl (C=O) groups is 1. The summed E-state index contributed by atoms with van der Waals surface area (Å²) in [4.78, 5) is 10.8. The Morgan fingerprint density at radius 2 is 2.26 bits per heavy atom. The maximum absolute atomic E-state index is 10.8. The van der Waals surface area contributed by atoms with Crippen LogP contribution < -0.4 is 5.32 Å². The van der Waals surface area contributed by atoms with E-state index < -0.39 is 5.97 Å². The van der Waals surface area contributed by atoms with Gasteiger partial charge in [0.25, 0.3) is 0 Å². The first kappa shape index (κ1) is 13.4. The van der Waals surface area contributed by atoms with Crippen molar-refractivity contribution in [3.63, 3.8) is 0 Å². The number of hydrogen-bond acceptors (Lipinski definition) is 3. The zero-order chi connectivity index (χ0) is 14.0. The fraction of sp³-hybridized carbons (Fsp3) is 0.231. The maximum Gasteiger partial charge on any atom is 0.335 e. The van der Waals surface area contributed by atoms with E-state index in [4.69, 9.17) is 16.7 Å². The van der Waals surface area contributed by atoms with E-state index in [1.54, 1.807) is 10.7 Å². The van der Waals surface area contributed by atoms with Crippen LogP contribution in [0.15, 0.2) is 24.4 Å². The minimum atomic E-state index is -0.989. The number of hydrogen-bond donors (Lipinski definition) is 2. The summed E-state index contributed by atoms with van der Waals surface area (Å²) in [6.45, 7) is 2.53. The molecule has 0 spiro atoms. The van der Waals surface area contributed by atoms with Gasteiger partial charge < -0.3 is 10.4 Å². The van der Waals surface area contributed by atoms with Gasteiger partial charge in [-0.25, -0.2) is 4.79 Å². The third-order valence-corrected chi connectivity index (χ3v) is 3.11. The summed E-state index contributed by atoms with van der Waals surface area (Å²) in [7, 11) is 1.87. The van der Waals surface area contributed by atoms with Crippen molar-refractivity contribution in [2.75, 3.05) is 5.32 Å². The molecule has 0 aliphatic carbocycles. The Morgan fingerprint density at radius 1 is 1.53 bits per heavy atom. The molecule has 2 rings (SSSR count). The molecule has 0 fully saturated rings. The Labute approximate surface area is 115 Å². The van der Waals surface area contributed by atoms with E-state index in [-0.39, 0.29) is 5.56 Å². The lowest BCUT2D eigenvalue weighted by atomic mass is 10.2. The average Bonchev–Trinajstić information content (AvgIpc) is 2.66. The van der Waals surface area contributed by atoms with Gasteiger partial charge in [-0.1, -0.05) is 11.6 Å². The summed E-state index contributed by atoms with van der Waals surface area (Å²) in [5, 5.41) is 16.7. The van der Waals surface area contributed by atoms with Crippen LogP contribution in [0.5, 0.6) is 0 Å². The molecule has 1 aromatic heterocycles. The summed E-state index contributed by atoms with van der Waals surface area (Å²) in [6, 6.07) is 4.62. The maximum atomic E-state index is 10.8. The Balaban J connectivity index is 2.12. The van der Waals surface area contributed by atoms with Gasteiger partial charge in [0.2, 0.25) is 0 Å². The zero-order valence-corrected chi connectivity index (χ0v) is 11.4. The zero-order valence-electron chi connectivity index (χ0n) is 10.6. The second kappa shape index (κ2) is 5.32. The molecule has 1 heterocycles. The summed E-state index contributed by atoms with van der Waals surface area (Å²) in [6.07, 6.45) is 1.93. The largest absolute Gasteiger partial charge is 0.478 e. The molecular formula is C13H14ClN3O2. The predicted molar refractivity (Wildman–Crippen MR) is 73.7 cm³/mol. The number of carboxylic acid groups (broad SMARTS) is 1. The Morgan fingerprint density at radius 3 is 2.79 bits per heavy atom. The van der Waals surface area contributed by atoms with Crippen LogP contribution in [0, 0.1) is 6.92 Å². The van der Waals surface area contributed by atoms with E-state index in [0.29, 0.717) is 17.3 Å². The SMILES string of the molecule is Cc1nn(C)cc1CNc1ccc(C(=O)O)cc1Cl. The van der Waals surface area contributed by atoms with Gasteiger partial charge in [-0.3, -0.25) is 4.68 Å². The van der Waals surface area contributed by atoms with Gasteiger partial charge in [0.1, 0.15) is 0 Å². The molecule has 6 heteroatoms. The molecule has 0 aliphatic rings. The van der Waals surface area contributed by atoms with Crippen molar-refractivity contribution < 1.29 is 9.90 Å². The summed E-state index contributed by atoms with van der Waals surface area (Å²) >= 11 is 6.04. The van der Waals surface area contributed by atoms with Crippen LogP contribution in [-0.4, -0.2) is 20.9 Å². The third kappa shape index (κ3) is 3.06. The summed E-state index contributed by atoms with van der Waals surface area (Å²) in [5.41, 5.74) is 2.90. The van der Waals surface area contributed by atoms with Crippen LogP contribution in [-0.2, 0) is 13.6 Å². The number of aryl methyl sites for hydroxylation is 2. The second-order valence-corrected chi connectivity index (χ2v) is 4.67. The van der Waals surface area contributed by atoms with Gasteiger partial charge in [0.05, 0.1) is 22.0 Å². The number of aromatic carboxylic acids is 1. The fourth-order valence-electron chi connectivity index (χ4n) is 1.80. The average molecular weight is 280 g/mol. The molecule has 0 saturated heterocycles. The number of rotatable bonds is 4. The van der Waals surface area contributed by atoms with Gasteiger partial charge in [-0.2, -0.15) is 5.10 Å². The number of halogens is 1. The van der Waals surface area contributed by atoms with Gasteiger partial charge in [0.15, 0.2) is 0 Å². The molecule has 2 N–H and O–H groups in total. The molecule has 0 radical (unpaired) electrons. The molecule has 0 saturated carbocycles. The second-order valence-electron chi connectivity index (χ2n) is 4.27. The van der Waals surface area contributed by atoms with Crippen molar-refractivity contribution in [1.29, 1.82) is 0 Å². The van der Waals surface area contributed by atoms with Crippen molar-refractivity contribution in [1.82, 2.24) is 9.78 Å². The molecule has 0 amide bonds. The van der Waals surface area contributed by atoms with E-state index in [9.17, 15) is 4.79 Å². The van der Waals surface area contributed by atoms with Crippen molar-refractivity contribution >= 4 is 23.3 Å². The Kier molecular flexibility index (Phi) is 3.76. The first-order valence-corrected chi connectivity index (χ1v) is 6.11. The molecule has 100 valence electrons. The van der Waals surface area contributed by atoms with Crippen LogP contribution in [0.1, 0.15) is 21.6 Å². The lowest BCUT2D eigenvalue weighted by Crippen LogP contribution is -2.02. The molecule has 0 unspecified atom stereocenters. The van der Waals surface area contributed by atoms with Crippen molar-refractivity contribution in [3.05, 3.63) is 46.2 Å². The molecule has 1 aromatic carbocycles. The highest BCUT2D eigenvalue weighted by molar-refractivity contribution is 6.33. The third-order valence-electron chi connectivity index (χ3n) is 2.80. The molecule has 0 aliphatic heterocycles. The first-order valence-electron chi connectivity index (χ1n) is 5.73. The van der Waals surface area contributed by atoms with Crippen molar-refractivity contribution in [2.45, 2.75) is 13.5 Å².